The predicted molar refractivity (Wildman–Crippen MR) is 146 cm³/mol. The van der Waals surface area contributed by atoms with Crippen molar-refractivity contribution in [1.29, 1.82) is 0 Å². The van der Waals surface area contributed by atoms with Crippen LogP contribution in [-0.2, 0) is 0 Å². The third kappa shape index (κ3) is 4.00. The van der Waals surface area contributed by atoms with Gasteiger partial charge in [-0.2, -0.15) is 0 Å². The number of likely N-dealkylation sites (N-methyl/N-ethyl adjacent to an activating group) is 1. The van der Waals surface area contributed by atoms with E-state index in [1.54, 1.807) is 22.6 Å². The minimum atomic E-state index is -0.424. The number of nitrogens with one attached hydrogen (secondary N) is 1. The minimum absolute atomic E-state index is 0.0515. The van der Waals surface area contributed by atoms with Gasteiger partial charge in [-0.1, -0.05) is 41.9 Å². The molecule has 2 aromatic heterocycles. The van der Waals surface area contributed by atoms with Gasteiger partial charge in [0.25, 0.3) is 11.5 Å². The highest BCUT2D eigenvalue weighted by atomic mass is 35.5. The number of H-pyrrole nitrogens is 1. The number of hydrogen-bond acceptors (Lipinski definition) is 6. The molecule has 1 saturated heterocycles. The van der Waals surface area contributed by atoms with Crippen molar-refractivity contribution in [2.24, 2.45) is 0 Å². The number of amides is 1. The van der Waals surface area contributed by atoms with Crippen molar-refractivity contribution in [2.75, 3.05) is 26.7 Å². The second-order valence-electron chi connectivity index (χ2n) is 9.65. The summed E-state index contributed by atoms with van der Waals surface area (Å²) >= 11 is 6.12. The fourth-order valence-electron chi connectivity index (χ4n) is 5.14. The van der Waals surface area contributed by atoms with Gasteiger partial charge in [0.1, 0.15) is 5.75 Å². The number of fused-ring (bicyclic) bond motifs is 3. The number of aryl methyl sites for hydroxylation is 1. The summed E-state index contributed by atoms with van der Waals surface area (Å²) in [4.78, 5) is 33.7. The first-order valence-corrected chi connectivity index (χ1v) is 12.6. The number of halogens is 1. The van der Waals surface area contributed by atoms with Crippen molar-refractivity contribution in [3.63, 3.8) is 0 Å². The zero-order valence-corrected chi connectivity index (χ0v) is 21.6. The highest BCUT2D eigenvalue weighted by Crippen LogP contribution is 2.31. The number of aromatic hydroxyl groups is 1. The first kappa shape index (κ1) is 24.1. The van der Waals surface area contributed by atoms with Crippen LogP contribution in [0.4, 0.5) is 0 Å². The number of rotatable bonds is 3. The van der Waals surface area contributed by atoms with Crippen LogP contribution >= 0.6 is 11.6 Å². The van der Waals surface area contributed by atoms with E-state index in [9.17, 15) is 14.7 Å². The van der Waals surface area contributed by atoms with Gasteiger partial charge in [-0.25, -0.2) is 0 Å². The van der Waals surface area contributed by atoms with Gasteiger partial charge >= 0.3 is 0 Å². The van der Waals surface area contributed by atoms with E-state index < -0.39 is 5.56 Å². The number of carbonyl (C=O) groups excluding carboxylic acids is 1. The molecule has 1 aliphatic heterocycles. The summed E-state index contributed by atoms with van der Waals surface area (Å²) in [6.07, 6.45) is 0. The van der Waals surface area contributed by atoms with Crippen LogP contribution in [0.15, 0.2) is 65.5 Å². The molecular weight excluding hydrogens is 504 g/mol. The molecule has 192 valence electrons. The molecule has 10 heteroatoms. The topological polar surface area (TPSA) is 107 Å². The quantitative estimate of drug-likeness (QED) is 0.366. The highest BCUT2D eigenvalue weighted by Gasteiger charge is 2.30. The van der Waals surface area contributed by atoms with Crippen molar-refractivity contribution >= 4 is 34.2 Å². The Morgan fingerprint density at radius 1 is 1.08 bits per heavy atom. The van der Waals surface area contributed by atoms with Crippen LogP contribution < -0.4 is 5.56 Å². The maximum atomic E-state index is 13.7. The Hall–Kier alpha value is -4.21. The van der Waals surface area contributed by atoms with Crippen molar-refractivity contribution in [3.8, 4) is 17.1 Å². The number of benzene rings is 3. The minimum Gasteiger partial charge on any atom is -0.506 e. The molecule has 9 nitrogen and oxygen atoms in total. The van der Waals surface area contributed by atoms with E-state index in [1.165, 1.54) is 11.6 Å². The first-order chi connectivity index (χ1) is 18.3. The van der Waals surface area contributed by atoms with Crippen LogP contribution in [0, 0.1) is 6.92 Å². The Morgan fingerprint density at radius 2 is 1.87 bits per heavy atom. The molecule has 1 atom stereocenters. The standard InChI is InChI=1S/C28H25ClN6O3/c1-16-12-22-21(30-27(37)26-32-31-25(35(22)26)18-8-9-24(36)20(29)13-18)14-19(16)28(38)34-11-10-33(2)23(15-34)17-6-4-3-5-7-17/h3-9,12-14,23,36H,10-11,15H2,1-2H3,(H,30,37). The van der Waals surface area contributed by atoms with E-state index in [-0.39, 0.29) is 28.4 Å². The van der Waals surface area contributed by atoms with Crippen LogP contribution in [-0.4, -0.2) is 67.1 Å². The van der Waals surface area contributed by atoms with Gasteiger partial charge in [0.05, 0.1) is 22.1 Å². The second kappa shape index (κ2) is 9.27. The van der Waals surface area contributed by atoms with Gasteiger partial charge < -0.3 is 15.0 Å². The molecule has 1 amide bonds. The molecule has 0 bridgehead atoms. The number of aromatic amines is 1. The van der Waals surface area contributed by atoms with Gasteiger partial charge in [-0.3, -0.25) is 18.9 Å². The van der Waals surface area contributed by atoms with Crippen molar-refractivity contribution in [1.82, 2.24) is 29.4 Å². The number of phenolic OH excluding ortho intramolecular Hbond substituents is 1. The first-order valence-electron chi connectivity index (χ1n) is 12.3. The summed E-state index contributed by atoms with van der Waals surface area (Å²) in [5.74, 6) is 0.277. The zero-order chi connectivity index (χ0) is 26.6. The Bertz CT molecular complexity index is 1760. The third-order valence-electron chi connectivity index (χ3n) is 7.25. The zero-order valence-electron chi connectivity index (χ0n) is 20.8. The lowest BCUT2D eigenvalue weighted by Crippen LogP contribution is -2.49. The van der Waals surface area contributed by atoms with Crippen molar-refractivity contribution in [2.45, 2.75) is 13.0 Å². The molecule has 5 aromatic rings. The van der Waals surface area contributed by atoms with E-state index in [4.69, 9.17) is 11.6 Å². The van der Waals surface area contributed by atoms with E-state index >= 15 is 0 Å². The summed E-state index contributed by atoms with van der Waals surface area (Å²) in [6.45, 7) is 3.83. The van der Waals surface area contributed by atoms with Crippen molar-refractivity contribution in [3.05, 3.63) is 92.7 Å². The molecule has 0 saturated carbocycles. The summed E-state index contributed by atoms with van der Waals surface area (Å²) in [5.41, 5.74) is 3.92. The fourth-order valence-corrected chi connectivity index (χ4v) is 5.32. The van der Waals surface area contributed by atoms with Crippen LogP contribution in [0.3, 0.4) is 0 Å². The van der Waals surface area contributed by atoms with Crippen LogP contribution in [0.2, 0.25) is 5.02 Å². The van der Waals surface area contributed by atoms with Gasteiger partial charge in [0, 0.05) is 30.8 Å². The lowest BCUT2D eigenvalue weighted by atomic mass is 10.0. The molecule has 0 spiro atoms. The number of hydrogen-bond donors (Lipinski definition) is 2. The molecule has 1 aliphatic rings. The lowest BCUT2D eigenvalue weighted by Gasteiger charge is -2.40. The maximum Gasteiger partial charge on any atom is 0.294 e. The Labute approximate surface area is 222 Å². The molecule has 1 fully saturated rings. The van der Waals surface area contributed by atoms with Crippen LogP contribution in [0.25, 0.3) is 28.1 Å². The lowest BCUT2D eigenvalue weighted by molar-refractivity contribution is 0.0545. The predicted octanol–water partition coefficient (Wildman–Crippen LogP) is 4.03. The van der Waals surface area contributed by atoms with E-state index in [2.05, 4.69) is 39.3 Å². The van der Waals surface area contributed by atoms with E-state index in [0.717, 1.165) is 12.1 Å². The smallest absolute Gasteiger partial charge is 0.294 e. The molecule has 0 aliphatic carbocycles. The molecule has 6 rings (SSSR count). The Kier molecular flexibility index (Phi) is 5.89. The summed E-state index contributed by atoms with van der Waals surface area (Å²) in [6, 6.07) is 18.6. The molecule has 1 unspecified atom stereocenters. The van der Waals surface area contributed by atoms with Crippen LogP contribution in [0.1, 0.15) is 27.5 Å². The number of aromatic nitrogens is 4. The average Bonchev–Trinajstić information content (AvgIpc) is 3.37. The van der Waals surface area contributed by atoms with E-state index in [0.29, 0.717) is 41.1 Å². The molecule has 3 heterocycles. The summed E-state index contributed by atoms with van der Waals surface area (Å²) in [7, 11) is 2.08. The van der Waals surface area contributed by atoms with Crippen LogP contribution in [0.5, 0.6) is 5.75 Å². The van der Waals surface area contributed by atoms with Gasteiger partial charge in [0.15, 0.2) is 5.82 Å². The molecule has 38 heavy (non-hydrogen) atoms. The number of piperazine rings is 1. The fraction of sp³-hybridized carbons (Fsp3) is 0.214. The monoisotopic (exact) mass is 528 g/mol. The highest BCUT2D eigenvalue weighted by molar-refractivity contribution is 6.32. The normalized spacial score (nSPS) is 16.4. The third-order valence-corrected chi connectivity index (χ3v) is 7.56. The largest absolute Gasteiger partial charge is 0.506 e. The molecule has 3 aromatic carbocycles. The Morgan fingerprint density at radius 3 is 2.63 bits per heavy atom. The summed E-state index contributed by atoms with van der Waals surface area (Å²) < 4.78 is 1.65. The van der Waals surface area contributed by atoms with Gasteiger partial charge in [-0.05, 0) is 55.4 Å². The van der Waals surface area contributed by atoms with Gasteiger partial charge in [-0.15, -0.1) is 10.2 Å². The average molecular weight is 529 g/mol. The number of phenols is 1. The Balaban J connectivity index is 1.42. The maximum absolute atomic E-state index is 13.7. The number of nitrogens with zero attached hydrogens (tertiary/aromatic N) is 5. The number of carbonyl (C=O) groups is 1. The summed E-state index contributed by atoms with van der Waals surface area (Å²) in [5, 5.41) is 18.3. The van der Waals surface area contributed by atoms with Gasteiger partial charge in [0.2, 0.25) is 5.65 Å². The van der Waals surface area contributed by atoms with E-state index in [1.807, 2.05) is 36.1 Å². The SMILES string of the molecule is Cc1cc2c(cc1C(=O)N1CCN(C)C(c3ccccc3)C1)[nH]c(=O)c1nnc(-c3ccc(O)c(Cl)c3)n12. The molecule has 0 radical (unpaired) electrons. The van der Waals surface area contributed by atoms with Crippen molar-refractivity contribution < 1.29 is 9.90 Å². The molecular formula is C28H25ClN6O3. The second-order valence-corrected chi connectivity index (χ2v) is 10.1. The molecule has 2 N–H and O–H groups in total.